The lowest BCUT2D eigenvalue weighted by Gasteiger charge is -2.18. The summed E-state index contributed by atoms with van der Waals surface area (Å²) in [5, 5.41) is 0. The molecule has 0 aromatic rings. The van der Waals surface area contributed by atoms with Crippen molar-refractivity contribution in [1.29, 1.82) is 0 Å². The molecule has 0 bridgehead atoms. The number of carbonyl (C=O) groups excluding carboxylic acids is 2. The van der Waals surface area contributed by atoms with Crippen LogP contribution >= 0.6 is 0 Å². The van der Waals surface area contributed by atoms with Crippen LogP contribution in [0.25, 0.3) is 0 Å². The highest BCUT2D eigenvalue weighted by molar-refractivity contribution is 6.02. The summed E-state index contributed by atoms with van der Waals surface area (Å²) < 4.78 is 0. The largest absolute Gasteiger partial charge is 0.299 e. The predicted octanol–water partition coefficient (Wildman–Crippen LogP) is 2.28. The van der Waals surface area contributed by atoms with E-state index >= 15 is 0 Å². The number of hydrogen-bond acceptors (Lipinski definition) is 2. The second-order valence-corrected chi connectivity index (χ2v) is 3.56. The summed E-state index contributed by atoms with van der Waals surface area (Å²) in [7, 11) is 0. The molecule has 0 amide bonds. The van der Waals surface area contributed by atoms with Gasteiger partial charge in [-0.25, -0.2) is 0 Å². The van der Waals surface area contributed by atoms with Crippen LogP contribution in [-0.2, 0) is 9.59 Å². The molecule has 13 heavy (non-hydrogen) atoms. The first-order chi connectivity index (χ1) is 6.25. The lowest BCUT2D eigenvalue weighted by molar-refractivity contribution is -0.134. The minimum Gasteiger partial charge on any atom is -0.299 e. The van der Waals surface area contributed by atoms with Crippen LogP contribution in [0.15, 0.2) is 12.7 Å². The van der Waals surface area contributed by atoms with E-state index in [1.807, 2.05) is 0 Å². The van der Waals surface area contributed by atoms with Gasteiger partial charge in [-0.3, -0.25) is 9.59 Å². The van der Waals surface area contributed by atoms with Crippen molar-refractivity contribution in [2.75, 3.05) is 0 Å². The lowest BCUT2D eigenvalue weighted by atomic mass is 9.84. The number of hydrogen-bond donors (Lipinski definition) is 0. The first-order valence-corrected chi connectivity index (χ1v) is 4.92. The normalized spacial score (nSPS) is 22.8. The van der Waals surface area contributed by atoms with Crippen molar-refractivity contribution in [1.82, 2.24) is 0 Å². The minimum absolute atomic E-state index is 0.115. The van der Waals surface area contributed by atoms with Crippen LogP contribution in [0.4, 0.5) is 0 Å². The Morgan fingerprint density at radius 3 is 2.92 bits per heavy atom. The minimum atomic E-state index is -0.284. The van der Waals surface area contributed by atoms with Crippen LogP contribution in [0.2, 0.25) is 0 Å². The molecule has 0 heterocycles. The van der Waals surface area contributed by atoms with Gasteiger partial charge in [0.25, 0.3) is 0 Å². The molecule has 1 atom stereocenters. The van der Waals surface area contributed by atoms with Crippen molar-refractivity contribution in [3.8, 4) is 0 Å². The molecule has 0 saturated heterocycles. The summed E-state index contributed by atoms with van der Waals surface area (Å²) in [5.41, 5.74) is 0. The van der Waals surface area contributed by atoms with Crippen molar-refractivity contribution in [3.63, 3.8) is 0 Å². The van der Waals surface area contributed by atoms with E-state index in [1.54, 1.807) is 6.08 Å². The highest BCUT2D eigenvalue weighted by atomic mass is 16.1. The van der Waals surface area contributed by atoms with E-state index in [-0.39, 0.29) is 17.5 Å². The van der Waals surface area contributed by atoms with E-state index in [0.29, 0.717) is 19.3 Å². The van der Waals surface area contributed by atoms with Gasteiger partial charge in [-0.1, -0.05) is 12.5 Å². The second kappa shape index (κ2) is 4.95. The molecule has 1 saturated carbocycles. The van der Waals surface area contributed by atoms with Gasteiger partial charge < -0.3 is 0 Å². The Hall–Kier alpha value is -0.920. The molecule has 1 unspecified atom stereocenters. The topological polar surface area (TPSA) is 34.1 Å². The van der Waals surface area contributed by atoms with Gasteiger partial charge in [-0.15, -0.1) is 6.58 Å². The Bertz CT molecular complexity index is 218. The van der Waals surface area contributed by atoms with Crippen LogP contribution in [-0.4, -0.2) is 11.6 Å². The molecule has 1 aliphatic carbocycles. The van der Waals surface area contributed by atoms with E-state index in [4.69, 9.17) is 0 Å². The van der Waals surface area contributed by atoms with E-state index in [0.717, 1.165) is 19.3 Å². The van der Waals surface area contributed by atoms with Crippen LogP contribution < -0.4 is 0 Å². The maximum atomic E-state index is 11.5. The van der Waals surface area contributed by atoms with Gasteiger partial charge in [0.05, 0.1) is 5.92 Å². The molecule has 2 heteroatoms. The first-order valence-electron chi connectivity index (χ1n) is 4.92. The van der Waals surface area contributed by atoms with Crippen molar-refractivity contribution < 1.29 is 9.59 Å². The van der Waals surface area contributed by atoms with Gasteiger partial charge in [0.15, 0.2) is 0 Å². The summed E-state index contributed by atoms with van der Waals surface area (Å²) in [6.07, 6.45) is 6.27. The molecule has 0 N–H and O–H groups in total. The van der Waals surface area contributed by atoms with E-state index in [1.165, 1.54) is 0 Å². The van der Waals surface area contributed by atoms with Crippen LogP contribution in [0.5, 0.6) is 0 Å². The number of Topliss-reactive ketones (excluding diaryl/α,β-unsaturated/α-hetero) is 2. The summed E-state index contributed by atoms with van der Waals surface area (Å²) in [6, 6.07) is 0. The fraction of sp³-hybridized carbons (Fsp3) is 0.636. The van der Waals surface area contributed by atoms with E-state index in [9.17, 15) is 9.59 Å². The Balaban J connectivity index is 2.43. The van der Waals surface area contributed by atoms with Crippen LogP contribution in [0.1, 0.15) is 38.5 Å². The van der Waals surface area contributed by atoms with Gasteiger partial charge in [0, 0.05) is 12.8 Å². The first kappa shape index (κ1) is 10.2. The zero-order valence-corrected chi connectivity index (χ0v) is 7.92. The average molecular weight is 180 g/mol. The third-order valence-electron chi connectivity index (χ3n) is 2.54. The summed E-state index contributed by atoms with van der Waals surface area (Å²) in [6.45, 7) is 3.56. The number of carbonyl (C=O) groups is 2. The fourth-order valence-electron chi connectivity index (χ4n) is 1.74. The Morgan fingerprint density at radius 2 is 2.31 bits per heavy atom. The maximum Gasteiger partial charge on any atom is 0.143 e. The Kier molecular flexibility index (Phi) is 3.87. The van der Waals surface area contributed by atoms with Crippen molar-refractivity contribution in [2.24, 2.45) is 5.92 Å². The van der Waals surface area contributed by atoms with Gasteiger partial charge in [-0.2, -0.15) is 0 Å². The van der Waals surface area contributed by atoms with Crippen molar-refractivity contribution in [3.05, 3.63) is 12.7 Å². The van der Waals surface area contributed by atoms with Crippen LogP contribution in [0.3, 0.4) is 0 Å². The highest BCUT2D eigenvalue weighted by Gasteiger charge is 2.27. The van der Waals surface area contributed by atoms with Crippen LogP contribution in [0, 0.1) is 5.92 Å². The standard InChI is InChI=1S/C11H16O2/c1-2-3-7-10(12)9-6-4-5-8-11(9)13/h2,9H,1,3-8H2. The highest BCUT2D eigenvalue weighted by Crippen LogP contribution is 2.22. The number of rotatable bonds is 4. The van der Waals surface area contributed by atoms with Gasteiger partial charge in [-0.05, 0) is 19.3 Å². The SMILES string of the molecule is C=CCCC(=O)C1CCCCC1=O. The van der Waals surface area contributed by atoms with E-state index < -0.39 is 0 Å². The Morgan fingerprint density at radius 1 is 1.54 bits per heavy atom. The maximum absolute atomic E-state index is 11.5. The molecular formula is C11H16O2. The van der Waals surface area contributed by atoms with Crippen molar-refractivity contribution in [2.45, 2.75) is 38.5 Å². The smallest absolute Gasteiger partial charge is 0.143 e. The lowest BCUT2D eigenvalue weighted by Crippen LogP contribution is -2.26. The summed E-state index contributed by atoms with van der Waals surface area (Å²) in [5.74, 6) is -0.0152. The fourth-order valence-corrected chi connectivity index (χ4v) is 1.74. The predicted molar refractivity (Wildman–Crippen MR) is 51.4 cm³/mol. The molecule has 1 fully saturated rings. The summed E-state index contributed by atoms with van der Waals surface area (Å²) in [4.78, 5) is 22.9. The molecule has 0 aliphatic heterocycles. The van der Waals surface area contributed by atoms with Gasteiger partial charge in [0.1, 0.15) is 11.6 Å². The van der Waals surface area contributed by atoms with Crippen molar-refractivity contribution >= 4 is 11.6 Å². The second-order valence-electron chi connectivity index (χ2n) is 3.56. The third kappa shape index (κ3) is 2.79. The molecular weight excluding hydrogens is 164 g/mol. The summed E-state index contributed by atoms with van der Waals surface area (Å²) >= 11 is 0. The molecule has 2 nitrogen and oxygen atoms in total. The Labute approximate surface area is 79.0 Å². The monoisotopic (exact) mass is 180 g/mol. The molecule has 0 radical (unpaired) electrons. The molecule has 72 valence electrons. The molecule has 0 aromatic carbocycles. The third-order valence-corrected chi connectivity index (χ3v) is 2.54. The van der Waals surface area contributed by atoms with Gasteiger partial charge >= 0.3 is 0 Å². The number of ketones is 2. The number of allylic oxidation sites excluding steroid dienone is 1. The quantitative estimate of drug-likeness (QED) is 0.491. The zero-order chi connectivity index (χ0) is 9.68. The average Bonchev–Trinajstić information content (AvgIpc) is 2.15. The zero-order valence-electron chi connectivity index (χ0n) is 7.92. The van der Waals surface area contributed by atoms with Gasteiger partial charge in [0.2, 0.25) is 0 Å². The molecule has 1 aliphatic rings. The molecule has 0 aromatic heterocycles. The molecule has 0 spiro atoms. The molecule has 1 rings (SSSR count). The van der Waals surface area contributed by atoms with E-state index in [2.05, 4.69) is 6.58 Å².